The van der Waals surface area contributed by atoms with Crippen molar-refractivity contribution < 1.29 is 4.79 Å². The summed E-state index contributed by atoms with van der Waals surface area (Å²) >= 11 is 0. The van der Waals surface area contributed by atoms with Gasteiger partial charge in [0, 0.05) is 19.7 Å². The minimum atomic E-state index is 0.0354. The van der Waals surface area contributed by atoms with Gasteiger partial charge in [-0.15, -0.1) is 0 Å². The van der Waals surface area contributed by atoms with E-state index in [9.17, 15) is 4.79 Å². The van der Waals surface area contributed by atoms with Crippen LogP contribution < -0.4 is 5.73 Å². The fourth-order valence-corrected chi connectivity index (χ4v) is 3.03. The summed E-state index contributed by atoms with van der Waals surface area (Å²) in [5.74, 6) is 0.183. The van der Waals surface area contributed by atoms with Crippen molar-refractivity contribution in [3.63, 3.8) is 0 Å². The molecule has 0 atom stereocenters. The van der Waals surface area contributed by atoms with E-state index in [1.165, 1.54) is 19.3 Å². The topological polar surface area (TPSA) is 59.2 Å². The highest BCUT2D eigenvalue weighted by atomic mass is 16.2. The molecular weight excluding hydrogens is 250 g/mol. The normalized spacial score (nSPS) is 17.7. The molecule has 1 aliphatic rings. The van der Waals surface area contributed by atoms with Crippen LogP contribution in [0.5, 0.6) is 0 Å². The van der Waals surface area contributed by atoms with Crippen LogP contribution in [-0.4, -0.2) is 29.4 Å². The lowest BCUT2D eigenvalue weighted by Crippen LogP contribution is -2.39. The van der Waals surface area contributed by atoms with Gasteiger partial charge in [-0.1, -0.05) is 25.3 Å². The van der Waals surface area contributed by atoms with Gasteiger partial charge in [0.05, 0.1) is 12.2 Å². The molecule has 0 saturated heterocycles. The first kappa shape index (κ1) is 15.0. The first-order valence-corrected chi connectivity index (χ1v) is 7.49. The number of nitrogens with two attached hydrogens (primary N) is 1. The summed E-state index contributed by atoms with van der Waals surface area (Å²) in [5.41, 5.74) is 6.92. The second-order valence-electron chi connectivity index (χ2n) is 6.01. The molecule has 0 unspecified atom stereocenters. The average molecular weight is 275 g/mol. The van der Waals surface area contributed by atoms with Crippen LogP contribution in [0.2, 0.25) is 0 Å². The molecule has 110 valence electrons. The van der Waals surface area contributed by atoms with E-state index in [0.717, 1.165) is 18.5 Å². The molecule has 1 heterocycles. The molecular formula is C16H25N3O. The SMILES string of the molecule is CN(Cc1ccccn1)C(=O)CC1(CN)CCCCC1. The van der Waals surface area contributed by atoms with E-state index in [0.29, 0.717) is 19.5 Å². The van der Waals surface area contributed by atoms with Gasteiger partial charge in [-0.25, -0.2) is 0 Å². The van der Waals surface area contributed by atoms with Gasteiger partial charge in [0.1, 0.15) is 0 Å². The maximum Gasteiger partial charge on any atom is 0.223 e. The first-order chi connectivity index (χ1) is 9.65. The van der Waals surface area contributed by atoms with Crippen molar-refractivity contribution in [1.82, 2.24) is 9.88 Å². The van der Waals surface area contributed by atoms with Crippen LogP contribution in [0.3, 0.4) is 0 Å². The number of hydrogen-bond acceptors (Lipinski definition) is 3. The summed E-state index contributed by atoms with van der Waals surface area (Å²) in [6.45, 7) is 1.19. The molecule has 0 radical (unpaired) electrons. The quantitative estimate of drug-likeness (QED) is 0.897. The minimum absolute atomic E-state index is 0.0354. The zero-order valence-electron chi connectivity index (χ0n) is 12.3. The molecule has 1 amide bonds. The molecule has 1 fully saturated rings. The van der Waals surface area contributed by atoms with Crippen molar-refractivity contribution in [3.8, 4) is 0 Å². The summed E-state index contributed by atoms with van der Waals surface area (Å²) in [7, 11) is 1.85. The van der Waals surface area contributed by atoms with Crippen LogP contribution in [-0.2, 0) is 11.3 Å². The number of pyridine rings is 1. The molecule has 1 aliphatic carbocycles. The Morgan fingerprint density at radius 3 is 2.70 bits per heavy atom. The lowest BCUT2D eigenvalue weighted by Gasteiger charge is -2.36. The smallest absolute Gasteiger partial charge is 0.223 e. The molecule has 1 aromatic rings. The molecule has 4 heteroatoms. The number of amides is 1. The predicted molar refractivity (Wildman–Crippen MR) is 79.9 cm³/mol. The Morgan fingerprint density at radius 1 is 1.35 bits per heavy atom. The highest BCUT2D eigenvalue weighted by molar-refractivity contribution is 5.76. The van der Waals surface area contributed by atoms with Gasteiger partial charge in [0.2, 0.25) is 5.91 Å². The summed E-state index contributed by atoms with van der Waals surface area (Å²) in [6, 6.07) is 5.78. The fourth-order valence-electron chi connectivity index (χ4n) is 3.03. The third-order valence-corrected chi connectivity index (χ3v) is 4.42. The van der Waals surface area contributed by atoms with E-state index in [1.807, 2.05) is 25.2 Å². The lowest BCUT2D eigenvalue weighted by molar-refractivity contribution is -0.133. The van der Waals surface area contributed by atoms with Crippen LogP contribution in [0.15, 0.2) is 24.4 Å². The maximum absolute atomic E-state index is 12.4. The number of rotatable bonds is 5. The number of carbonyl (C=O) groups is 1. The van der Waals surface area contributed by atoms with Crippen LogP contribution in [0.4, 0.5) is 0 Å². The Bertz CT molecular complexity index is 427. The van der Waals surface area contributed by atoms with Gasteiger partial charge in [-0.2, -0.15) is 0 Å². The van der Waals surface area contributed by atoms with Gasteiger partial charge in [0.15, 0.2) is 0 Å². The van der Waals surface area contributed by atoms with Gasteiger partial charge in [-0.3, -0.25) is 9.78 Å². The average Bonchev–Trinajstić information content (AvgIpc) is 2.49. The molecule has 0 aromatic carbocycles. The summed E-state index contributed by atoms with van der Waals surface area (Å²) < 4.78 is 0. The minimum Gasteiger partial charge on any atom is -0.340 e. The van der Waals surface area contributed by atoms with Crippen molar-refractivity contribution in [1.29, 1.82) is 0 Å². The van der Waals surface area contributed by atoms with E-state index >= 15 is 0 Å². The molecule has 2 rings (SSSR count). The molecule has 20 heavy (non-hydrogen) atoms. The Hall–Kier alpha value is -1.42. The van der Waals surface area contributed by atoms with Crippen molar-refractivity contribution in [3.05, 3.63) is 30.1 Å². The summed E-state index contributed by atoms with van der Waals surface area (Å²) in [6.07, 6.45) is 8.20. The number of aromatic nitrogens is 1. The van der Waals surface area contributed by atoms with Crippen molar-refractivity contribution in [2.45, 2.75) is 45.1 Å². The Morgan fingerprint density at radius 2 is 2.10 bits per heavy atom. The molecule has 2 N–H and O–H groups in total. The molecule has 0 aliphatic heterocycles. The van der Waals surface area contributed by atoms with Crippen molar-refractivity contribution >= 4 is 5.91 Å². The molecule has 0 spiro atoms. The largest absolute Gasteiger partial charge is 0.340 e. The molecule has 4 nitrogen and oxygen atoms in total. The van der Waals surface area contributed by atoms with E-state index in [1.54, 1.807) is 11.1 Å². The summed E-state index contributed by atoms with van der Waals surface area (Å²) in [5, 5.41) is 0. The third kappa shape index (κ3) is 3.79. The number of carbonyl (C=O) groups excluding carboxylic acids is 1. The fraction of sp³-hybridized carbons (Fsp3) is 0.625. The molecule has 1 saturated carbocycles. The second kappa shape index (κ2) is 6.84. The zero-order chi connectivity index (χ0) is 14.4. The van der Waals surface area contributed by atoms with Crippen LogP contribution in [0.1, 0.15) is 44.2 Å². The lowest BCUT2D eigenvalue weighted by atomic mass is 9.71. The standard InChI is InChI=1S/C16H25N3O/c1-19(12-14-7-3-6-10-18-14)15(20)11-16(13-17)8-4-2-5-9-16/h3,6-7,10H,2,4-5,8-9,11-13,17H2,1H3. The van der Waals surface area contributed by atoms with Crippen LogP contribution >= 0.6 is 0 Å². The second-order valence-corrected chi connectivity index (χ2v) is 6.01. The van der Waals surface area contributed by atoms with Gasteiger partial charge < -0.3 is 10.6 Å². The molecule has 0 bridgehead atoms. The number of nitrogens with zero attached hydrogens (tertiary/aromatic N) is 2. The monoisotopic (exact) mass is 275 g/mol. The molecule has 1 aromatic heterocycles. The Balaban J connectivity index is 1.93. The van der Waals surface area contributed by atoms with Crippen molar-refractivity contribution in [2.75, 3.05) is 13.6 Å². The van der Waals surface area contributed by atoms with Gasteiger partial charge >= 0.3 is 0 Å². The Labute approximate surface area is 121 Å². The highest BCUT2D eigenvalue weighted by Gasteiger charge is 2.33. The zero-order valence-corrected chi connectivity index (χ0v) is 12.3. The van der Waals surface area contributed by atoms with E-state index in [2.05, 4.69) is 4.98 Å². The number of hydrogen-bond donors (Lipinski definition) is 1. The van der Waals surface area contributed by atoms with E-state index in [4.69, 9.17) is 5.73 Å². The third-order valence-electron chi connectivity index (χ3n) is 4.42. The Kier molecular flexibility index (Phi) is 5.12. The van der Waals surface area contributed by atoms with Crippen LogP contribution in [0, 0.1) is 5.41 Å². The summed E-state index contributed by atoms with van der Waals surface area (Å²) in [4.78, 5) is 18.5. The van der Waals surface area contributed by atoms with E-state index < -0.39 is 0 Å². The van der Waals surface area contributed by atoms with Gasteiger partial charge in [-0.05, 0) is 36.9 Å². The highest BCUT2D eigenvalue weighted by Crippen LogP contribution is 2.38. The maximum atomic E-state index is 12.4. The van der Waals surface area contributed by atoms with Gasteiger partial charge in [0.25, 0.3) is 0 Å². The van der Waals surface area contributed by atoms with E-state index in [-0.39, 0.29) is 11.3 Å². The van der Waals surface area contributed by atoms with Crippen molar-refractivity contribution in [2.24, 2.45) is 11.1 Å². The van der Waals surface area contributed by atoms with Crippen LogP contribution in [0.25, 0.3) is 0 Å². The first-order valence-electron chi connectivity index (χ1n) is 7.49. The predicted octanol–water partition coefficient (Wildman–Crippen LogP) is 2.34.